The quantitative estimate of drug-likeness (QED) is 0.442. The molecule has 1 amide bonds. The SMILES string of the molecule is C=CCNC(=O)c1ccc(N)c(OCCCC)c1. The molecule has 0 aliphatic heterocycles. The number of unbranched alkanes of at least 4 members (excludes halogenated alkanes) is 1. The molecule has 0 aliphatic rings. The predicted octanol–water partition coefficient (Wildman–Crippen LogP) is 2.36. The maximum absolute atomic E-state index is 11.7. The Labute approximate surface area is 108 Å². The van der Waals surface area contributed by atoms with Gasteiger partial charge in [-0.05, 0) is 24.6 Å². The number of amides is 1. The molecule has 0 aliphatic carbocycles. The minimum Gasteiger partial charge on any atom is -0.491 e. The number of nitrogens with one attached hydrogen (secondary N) is 1. The molecular formula is C14H20N2O2. The van der Waals surface area contributed by atoms with Crippen LogP contribution >= 0.6 is 0 Å². The molecule has 4 nitrogen and oxygen atoms in total. The zero-order valence-electron chi connectivity index (χ0n) is 10.7. The standard InChI is InChI=1S/C14H20N2O2/c1-3-5-9-18-13-10-11(6-7-12(13)15)14(17)16-8-4-2/h4,6-7,10H,2-3,5,8-9,15H2,1H3,(H,16,17). The summed E-state index contributed by atoms with van der Waals surface area (Å²) in [5.74, 6) is 0.407. The number of nitrogens with two attached hydrogens (primary N) is 1. The van der Waals surface area contributed by atoms with E-state index in [2.05, 4.69) is 18.8 Å². The van der Waals surface area contributed by atoms with Gasteiger partial charge in [-0.25, -0.2) is 0 Å². The molecule has 18 heavy (non-hydrogen) atoms. The minimum atomic E-state index is -0.157. The van der Waals surface area contributed by atoms with E-state index >= 15 is 0 Å². The van der Waals surface area contributed by atoms with Crippen molar-refractivity contribution >= 4 is 11.6 Å². The second kappa shape index (κ2) is 7.37. The van der Waals surface area contributed by atoms with Crippen molar-refractivity contribution in [1.29, 1.82) is 0 Å². The summed E-state index contributed by atoms with van der Waals surface area (Å²) >= 11 is 0. The molecule has 0 aromatic heterocycles. The van der Waals surface area contributed by atoms with E-state index in [4.69, 9.17) is 10.5 Å². The van der Waals surface area contributed by atoms with Crippen molar-refractivity contribution < 1.29 is 9.53 Å². The molecule has 0 radical (unpaired) electrons. The molecule has 0 atom stereocenters. The summed E-state index contributed by atoms with van der Waals surface area (Å²) in [6.45, 7) is 6.69. The first-order valence-corrected chi connectivity index (χ1v) is 6.10. The van der Waals surface area contributed by atoms with Crippen LogP contribution in [0.1, 0.15) is 30.1 Å². The van der Waals surface area contributed by atoms with Gasteiger partial charge in [0.2, 0.25) is 0 Å². The van der Waals surface area contributed by atoms with Crippen LogP contribution in [0.25, 0.3) is 0 Å². The van der Waals surface area contributed by atoms with Gasteiger partial charge < -0.3 is 15.8 Å². The zero-order chi connectivity index (χ0) is 13.4. The van der Waals surface area contributed by atoms with Gasteiger partial charge in [0.15, 0.2) is 0 Å². The van der Waals surface area contributed by atoms with Crippen molar-refractivity contribution in [1.82, 2.24) is 5.32 Å². The van der Waals surface area contributed by atoms with Gasteiger partial charge in [-0.3, -0.25) is 4.79 Å². The average molecular weight is 248 g/mol. The lowest BCUT2D eigenvalue weighted by atomic mass is 10.1. The number of ether oxygens (including phenoxy) is 1. The topological polar surface area (TPSA) is 64.4 Å². The number of rotatable bonds is 7. The van der Waals surface area contributed by atoms with Crippen LogP contribution in [0, 0.1) is 0 Å². The van der Waals surface area contributed by atoms with Crippen LogP contribution in [-0.2, 0) is 0 Å². The molecule has 0 fully saturated rings. The molecule has 4 heteroatoms. The van der Waals surface area contributed by atoms with Gasteiger partial charge in [-0.15, -0.1) is 6.58 Å². The van der Waals surface area contributed by atoms with E-state index in [0.717, 1.165) is 12.8 Å². The molecular weight excluding hydrogens is 228 g/mol. The van der Waals surface area contributed by atoms with Crippen molar-refractivity contribution in [2.24, 2.45) is 0 Å². The van der Waals surface area contributed by atoms with Crippen LogP contribution in [0.15, 0.2) is 30.9 Å². The molecule has 3 N–H and O–H groups in total. The summed E-state index contributed by atoms with van der Waals surface area (Å²) < 4.78 is 5.55. The van der Waals surface area contributed by atoms with E-state index < -0.39 is 0 Å². The van der Waals surface area contributed by atoms with E-state index in [-0.39, 0.29) is 5.91 Å². The number of nitrogen functional groups attached to an aromatic ring is 1. The third-order valence-corrected chi connectivity index (χ3v) is 2.44. The normalized spacial score (nSPS) is 9.83. The van der Waals surface area contributed by atoms with Crippen LogP contribution < -0.4 is 15.8 Å². The Morgan fingerprint density at radius 3 is 3.00 bits per heavy atom. The van der Waals surface area contributed by atoms with Gasteiger partial charge in [-0.2, -0.15) is 0 Å². The minimum absolute atomic E-state index is 0.157. The predicted molar refractivity (Wildman–Crippen MR) is 73.8 cm³/mol. The van der Waals surface area contributed by atoms with Gasteiger partial charge in [0.25, 0.3) is 5.91 Å². The smallest absolute Gasteiger partial charge is 0.251 e. The highest BCUT2D eigenvalue weighted by atomic mass is 16.5. The molecule has 1 aromatic carbocycles. The van der Waals surface area contributed by atoms with Gasteiger partial charge >= 0.3 is 0 Å². The van der Waals surface area contributed by atoms with Crippen LogP contribution in [-0.4, -0.2) is 19.1 Å². The largest absolute Gasteiger partial charge is 0.491 e. The molecule has 0 saturated heterocycles. The number of hydrogen-bond donors (Lipinski definition) is 2. The molecule has 0 spiro atoms. The Morgan fingerprint density at radius 1 is 1.56 bits per heavy atom. The van der Waals surface area contributed by atoms with Crippen molar-refractivity contribution in [2.45, 2.75) is 19.8 Å². The van der Waals surface area contributed by atoms with Crippen molar-refractivity contribution in [3.05, 3.63) is 36.4 Å². The zero-order valence-corrected chi connectivity index (χ0v) is 10.7. The van der Waals surface area contributed by atoms with Crippen molar-refractivity contribution in [2.75, 3.05) is 18.9 Å². The highest BCUT2D eigenvalue weighted by Gasteiger charge is 2.08. The van der Waals surface area contributed by atoms with E-state index in [1.54, 1.807) is 24.3 Å². The first-order valence-electron chi connectivity index (χ1n) is 6.10. The second-order valence-electron chi connectivity index (χ2n) is 3.95. The summed E-state index contributed by atoms with van der Waals surface area (Å²) in [6, 6.07) is 5.04. The third kappa shape index (κ3) is 4.13. The fraction of sp³-hybridized carbons (Fsp3) is 0.357. The molecule has 98 valence electrons. The van der Waals surface area contributed by atoms with Crippen LogP contribution in [0.4, 0.5) is 5.69 Å². The molecule has 0 bridgehead atoms. The lowest BCUT2D eigenvalue weighted by Crippen LogP contribution is -2.23. The highest BCUT2D eigenvalue weighted by molar-refractivity contribution is 5.95. The lowest BCUT2D eigenvalue weighted by molar-refractivity contribution is 0.0957. The van der Waals surface area contributed by atoms with Gasteiger partial charge in [-0.1, -0.05) is 19.4 Å². The van der Waals surface area contributed by atoms with Crippen LogP contribution in [0.5, 0.6) is 5.75 Å². The molecule has 1 aromatic rings. The van der Waals surface area contributed by atoms with E-state index in [0.29, 0.717) is 30.2 Å². The van der Waals surface area contributed by atoms with Gasteiger partial charge in [0.05, 0.1) is 12.3 Å². The number of carbonyl (C=O) groups is 1. The third-order valence-electron chi connectivity index (χ3n) is 2.44. The van der Waals surface area contributed by atoms with E-state index in [1.807, 2.05) is 0 Å². The summed E-state index contributed by atoms with van der Waals surface area (Å²) in [7, 11) is 0. The Bertz CT molecular complexity index is 416. The highest BCUT2D eigenvalue weighted by Crippen LogP contribution is 2.23. The molecule has 1 rings (SSSR count). The average Bonchev–Trinajstić information content (AvgIpc) is 2.38. The van der Waals surface area contributed by atoms with Crippen LogP contribution in [0.2, 0.25) is 0 Å². The van der Waals surface area contributed by atoms with Gasteiger partial charge in [0, 0.05) is 12.1 Å². The fourth-order valence-electron chi connectivity index (χ4n) is 1.39. The molecule has 0 unspecified atom stereocenters. The lowest BCUT2D eigenvalue weighted by Gasteiger charge is -2.10. The summed E-state index contributed by atoms with van der Waals surface area (Å²) in [5.41, 5.74) is 6.89. The Balaban J connectivity index is 2.73. The Morgan fingerprint density at radius 2 is 2.33 bits per heavy atom. The molecule has 0 heterocycles. The van der Waals surface area contributed by atoms with E-state index in [9.17, 15) is 4.79 Å². The van der Waals surface area contributed by atoms with Crippen molar-refractivity contribution in [3.63, 3.8) is 0 Å². The summed E-state index contributed by atoms with van der Waals surface area (Å²) in [5, 5.41) is 2.71. The first-order chi connectivity index (χ1) is 8.69. The van der Waals surface area contributed by atoms with E-state index in [1.165, 1.54) is 0 Å². The maximum Gasteiger partial charge on any atom is 0.251 e. The monoisotopic (exact) mass is 248 g/mol. The number of benzene rings is 1. The fourth-order valence-corrected chi connectivity index (χ4v) is 1.39. The molecule has 0 saturated carbocycles. The van der Waals surface area contributed by atoms with Crippen LogP contribution in [0.3, 0.4) is 0 Å². The Kier molecular flexibility index (Phi) is 5.77. The summed E-state index contributed by atoms with van der Waals surface area (Å²) in [6.07, 6.45) is 3.65. The first kappa shape index (κ1) is 14.1. The second-order valence-corrected chi connectivity index (χ2v) is 3.95. The maximum atomic E-state index is 11.7. The number of anilines is 1. The Hall–Kier alpha value is -1.97. The number of hydrogen-bond acceptors (Lipinski definition) is 3. The van der Waals surface area contributed by atoms with Gasteiger partial charge in [0.1, 0.15) is 5.75 Å². The van der Waals surface area contributed by atoms with Crippen molar-refractivity contribution in [3.8, 4) is 5.75 Å². The number of carbonyl (C=O) groups excluding carboxylic acids is 1. The summed E-state index contributed by atoms with van der Waals surface area (Å²) in [4.78, 5) is 11.7.